The fourth-order valence-electron chi connectivity index (χ4n) is 1.94. The van der Waals surface area contributed by atoms with Crippen LogP contribution < -0.4 is 0 Å². The Labute approximate surface area is 103 Å². The summed E-state index contributed by atoms with van der Waals surface area (Å²) in [5.41, 5.74) is 1.82. The van der Waals surface area contributed by atoms with Gasteiger partial charge in [-0.3, -0.25) is 0 Å². The van der Waals surface area contributed by atoms with Gasteiger partial charge in [-0.25, -0.2) is 4.39 Å². The van der Waals surface area contributed by atoms with E-state index in [0.29, 0.717) is 0 Å². The summed E-state index contributed by atoms with van der Waals surface area (Å²) in [7, 11) is 0. The van der Waals surface area contributed by atoms with Crippen molar-refractivity contribution in [2.75, 3.05) is 0 Å². The van der Waals surface area contributed by atoms with Crippen molar-refractivity contribution >= 4 is 22.5 Å². The molecule has 0 saturated carbocycles. The molecule has 2 aromatic carbocycles. The Balaban J connectivity index is 2.24. The van der Waals surface area contributed by atoms with E-state index < -0.39 is 5.82 Å². The lowest BCUT2D eigenvalue weighted by Crippen LogP contribution is -1.92. The summed E-state index contributed by atoms with van der Waals surface area (Å²) in [5.74, 6) is -0.401. The van der Waals surface area contributed by atoms with Crippen LogP contribution in [0, 0.1) is 5.82 Å². The third-order valence-corrected chi connectivity index (χ3v) is 3.09. The molecule has 0 aliphatic heterocycles. The van der Waals surface area contributed by atoms with Crippen LogP contribution in [0.5, 0.6) is 0 Å². The predicted molar refractivity (Wildman–Crippen MR) is 68.2 cm³/mol. The number of fused-ring (bicyclic) bond motifs is 1. The van der Waals surface area contributed by atoms with Crippen molar-refractivity contribution in [3.8, 4) is 5.69 Å². The van der Waals surface area contributed by atoms with E-state index >= 15 is 0 Å². The molecular weight excluding hydrogens is 237 g/mol. The van der Waals surface area contributed by atoms with E-state index in [2.05, 4.69) is 0 Å². The minimum absolute atomic E-state index is 0.144. The van der Waals surface area contributed by atoms with E-state index in [-0.39, 0.29) is 5.02 Å². The molecule has 0 bridgehead atoms. The zero-order chi connectivity index (χ0) is 11.8. The monoisotopic (exact) mass is 245 g/mol. The molecule has 1 aromatic heterocycles. The Morgan fingerprint density at radius 3 is 2.65 bits per heavy atom. The lowest BCUT2D eigenvalue weighted by atomic mass is 10.2. The molecule has 0 radical (unpaired) electrons. The van der Waals surface area contributed by atoms with E-state index in [4.69, 9.17) is 11.6 Å². The zero-order valence-electron chi connectivity index (χ0n) is 8.90. The van der Waals surface area contributed by atoms with Crippen LogP contribution in [0.1, 0.15) is 0 Å². The molecule has 0 saturated heterocycles. The molecule has 0 aliphatic rings. The number of aromatic nitrogens is 1. The van der Waals surface area contributed by atoms with Gasteiger partial charge in [-0.2, -0.15) is 0 Å². The highest BCUT2D eigenvalue weighted by atomic mass is 35.5. The molecule has 0 N–H and O–H groups in total. The molecule has 84 valence electrons. The number of halogens is 2. The Kier molecular flexibility index (Phi) is 2.37. The van der Waals surface area contributed by atoms with Gasteiger partial charge >= 0.3 is 0 Å². The molecule has 0 spiro atoms. The van der Waals surface area contributed by atoms with Gasteiger partial charge in [-0.1, -0.05) is 29.8 Å². The number of para-hydroxylation sites is 1. The highest BCUT2D eigenvalue weighted by Gasteiger charge is 2.05. The molecule has 0 fully saturated rings. The van der Waals surface area contributed by atoms with Gasteiger partial charge in [0.25, 0.3) is 0 Å². The molecule has 3 rings (SSSR count). The van der Waals surface area contributed by atoms with Gasteiger partial charge < -0.3 is 4.57 Å². The molecule has 3 heteroatoms. The first-order chi connectivity index (χ1) is 8.25. The van der Waals surface area contributed by atoms with Crippen LogP contribution in [-0.2, 0) is 0 Å². The summed E-state index contributed by atoms with van der Waals surface area (Å²) in [5, 5.41) is 1.27. The molecule has 1 nitrogen and oxygen atoms in total. The SMILES string of the molecule is Fc1cc(-n2ccc3ccccc32)ccc1Cl. The van der Waals surface area contributed by atoms with Crippen molar-refractivity contribution in [3.05, 3.63) is 65.6 Å². The quantitative estimate of drug-likeness (QED) is 0.598. The topological polar surface area (TPSA) is 4.93 Å². The van der Waals surface area contributed by atoms with Gasteiger partial charge in [-0.05, 0) is 35.7 Å². The van der Waals surface area contributed by atoms with Crippen molar-refractivity contribution in [1.29, 1.82) is 0 Å². The average molecular weight is 246 g/mol. The zero-order valence-corrected chi connectivity index (χ0v) is 9.66. The van der Waals surface area contributed by atoms with E-state index in [1.807, 2.05) is 41.1 Å². The third-order valence-electron chi connectivity index (χ3n) is 2.78. The van der Waals surface area contributed by atoms with E-state index in [1.165, 1.54) is 6.07 Å². The summed E-state index contributed by atoms with van der Waals surface area (Å²) in [4.78, 5) is 0. The molecule has 0 amide bonds. The highest BCUT2D eigenvalue weighted by Crippen LogP contribution is 2.23. The third kappa shape index (κ3) is 1.71. The van der Waals surface area contributed by atoms with Crippen LogP contribution in [-0.4, -0.2) is 4.57 Å². The number of hydrogen-bond donors (Lipinski definition) is 0. The minimum Gasteiger partial charge on any atom is -0.316 e. The summed E-state index contributed by atoms with van der Waals surface area (Å²) < 4.78 is 15.4. The van der Waals surface area contributed by atoms with Gasteiger partial charge in [0.2, 0.25) is 0 Å². The van der Waals surface area contributed by atoms with Crippen molar-refractivity contribution in [2.24, 2.45) is 0 Å². The summed E-state index contributed by atoms with van der Waals surface area (Å²) in [6, 6.07) is 14.8. The maximum atomic E-state index is 13.4. The largest absolute Gasteiger partial charge is 0.316 e. The summed E-state index contributed by atoms with van der Waals surface area (Å²) in [6.45, 7) is 0. The van der Waals surface area contributed by atoms with Crippen LogP contribution in [0.25, 0.3) is 16.6 Å². The first-order valence-corrected chi connectivity index (χ1v) is 5.65. The molecule has 0 unspecified atom stereocenters. The fourth-order valence-corrected chi connectivity index (χ4v) is 2.06. The second-order valence-electron chi connectivity index (χ2n) is 3.84. The second kappa shape index (κ2) is 3.90. The van der Waals surface area contributed by atoms with Crippen LogP contribution in [0.2, 0.25) is 5.02 Å². The lowest BCUT2D eigenvalue weighted by Gasteiger charge is -2.06. The smallest absolute Gasteiger partial charge is 0.143 e. The van der Waals surface area contributed by atoms with Crippen LogP contribution in [0.15, 0.2) is 54.7 Å². The molecular formula is C14H9ClFN. The number of benzene rings is 2. The van der Waals surface area contributed by atoms with Crippen LogP contribution >= 0.6 is 11.6 Å². The van der Waals surface area contributed by atoms with E-state index in [1.54, 1.807) is 12.1 Å². The number of hydrogen-bond acceptors (Lipinski definition) is 0. The van der Waals surface area contributed by atoms with E-state index in [0.717, 1.165) is 16.6 Å². The fraction of sp³-hybridized carbons (Fsp3) is 0. The Hall–Kier alpha value is -1.80. The van der Waals surface area contributed by atoms with Gasteiger partial charge in [0.1, 0.15) is 5.82 Å². The predicted octanol–water partition coefficient (Wildman–Crippen LogP) is 4.42. The average Bonchev–Trinajstić information content (AvgIpc) is 2.76. The Morgan fingerprint density at radius 1 is 1.00 bits per heavy atom. The maximum absolute atomic E-state index is 13.4. The Morgan fingerprint density at radius 2 is 1.82 bits per heavy atom. The first kappa shape index (κ1) is 10.4. The molecule has 0 aliphatic carbocycles. The molecule has 1 heterocycles. The van der Waals surface area contributed by atoms with Crippen LogP contribution in [0.4, 0.5) is 4.39 Å². The van der Waals surface area contributed by atoms with Gasteiger partial charge in [0.05, 0.1) is 10.5 Å². The minimum atomic E-state index is -0.401. The number of nitrogens with zero attached hydrogens (tertiary/aromatic N) is 1. The van der Waals surface area contributed by atoms with Gasteiger partial charge in [0, 0.05) is 11.9 Å². The second-order valence-corrected chi connectivity index (χ2v) is 4.25. The summed E-state index contributed by atoms with van der Waals surface area (Å²) >= 11 is 5.68. The normalized spacial score (nSPS) is 10.9. The molecule has 17 heavy (non-hydrogen) atoms. The standard InChI is InChI=1S/C14H9ClFN/c15-12-6-5-11(9-13(12)16)17-8-7-10-3-1-2-4-14(10)17/h1-9H. The first-order valence-electron chi connectivity index (χ1n) is 5.27. The maximum Gasteiger partial charge on any atom is 0.143 e. The van der Waals surface area contributed by atoms with Crippen molar-refractivity contribution in [1.82, 2.24) is 4.57 Å². The van der Waals surface area contributed by atoms with Crippen molar-refractivity contribution in [3.63, 3.8) is 0 Å². The molecule has 3 aromatic rings. The van der Waals surface area contributed by atoms with Crippen molar-refractivity contribution < 1.29 is 4.39 Å². The van der Waals surface area contributed by atoms with Crippen molar-refractivity contribution in [2.45, 2.75) is 0 Å². The molecule has 0 atom stereocenters. The van der Waals surface area contributed by atoms with Crippen LogP contribution in [0.3, 0.4) is 0 Å². The van der Waals surface area contributed by atoms with Gasteiger partial charge in [-0.15, -0.1) is 0 Å². The highest BCUT2D eigenvalue weighted by molar-refractivity contribution is 6.30. The Bertz CT molecular complexity index is 688. The summed E-state index contributed by atoms with van der Waals surface area (Å²) in [6.07, 6.45) is 1.92. The van der Waals surface area contributed by atoms with Gasteiger partial charge in [0.15, 0.2) is 0 Å². The lowest BCUT2D eigenvalue weighted by molar-refractivity contribution is 0.627. The van der Waals surface area contributed by atoms with E-state index in [9.17, 15) is 4.39 Å². The number of rotatable bonds is 1.